The van der Waals surface area contributed by atoms with E-state index < -0.39 is 46.5 Å². The van der Waals surface area contributed by atoms with E-state index in [-0.39, 0.29) is 32.3 Å². The lowest BCUT2D eigenvalue weighted by atomic mass is 10.2. The zero-order chi connectivity index (χ0) is 25.9. The lowest BCUT2D eigenvalue weighted by molar-refractivity contribution is -0.151. The van der Waals surface area contributed by atoms with Crippen molar-refractivity contribution >= 4 is 51.7 Å². The van der Waals surface area contributed by atoms with Crippen molar-refractivity contribution in [1.82, 2.24) is 19.7 Å². The molecule has 0 saturated heterocycles. The third-order valence-electron chi connectivity index (χ3n) is 4.41. The molecule has 2 N–H and O–H groups in total. The van der Waals surface area contributed by atoms with Crippen LogP contribution < -0.4 is 10.5 Å². The Hall–Kier alpha value is -3.03. The normalized spacial score (nSPS) is 12.4. The number of nitrogens with zero attached hydrogens (tertiary/aromatic N) is 4. The van der Waals surface area contributed by atoms with E-state index in [4.69, 9.17) is 45.3 Å². The number of hydrogen-bond acceptors (Lipinski definition) is 5. The Balaban J connectivity index is 1.87. The highest BCUT2D eigenvalue weighted by molar-refractivity contribution is 6.38. The molecule has 0 atom stereocenters. The van der Waals surface area contributed by atoms with Crippen LogP contribution >= 0.6 is 34.8 Å². The average molecular weight is 561 g/mol. The second kappa shape index (κ2) is 8.57. The van der Waals surface area contributed by atoms with E-state index in [1.807, 2.05) is 0 Å². The van der Waals surface area contributed by atoms with Crippen molar-refractivity contribution in [1.29, 1.82) is 0 Å². The smallest absolute Gasteiger partial charge is 0.451 e. The highest BCUT2D eigenvalue weighted by atomic mass is 35.5. The topological polar surface area (TPSA) is 78.9 Å². The number of ether oxygens (including phenoxy) is 1. The summed E-state index contributed by atoms with van der Waals surface area (Å²) in [5.74, 6) is -3.42. The largest absolute Gasteiger partial charge is 0.456 e. The number of rotatable bonds is 3. The van der Waals surface area contributed by atoms with Crippen molar-refractivity contribution in [2.24, 2.45) is 0 Å². The zero-order valence-corrected chi connectivity index (χ0v) is 18.7. The van der Waals surface area contributed by atoms with Crippen molar-refractivity contribution < 1.29 is 35.5 Å². The maximum absolute atomic E-state index is 13.5. The quantitative estimate of drug-likeness (QED) is 0.266. The van der Waals surface area contributed by atoms with Gasteiger partial charge in [-0.15, -0.1) is 5.10 Å². The predicted molar refractivity (Wildman–Crippen MR) is 113 cm³/mol. The number of alkyl halides is 6. The molecular formula is C19H7Cl3F7N5O. The Morgan fingerprint density at radius 1 is 0.857 bits per heavy atom. The molecule has 0 radical (unpaired) electrons. The first kappa shape index (κ1) is 25.1. The van der Waals surface area contributed by atoms with Gasteiger partial charge in [-0.3, -0.25) is 0 Å². The molecule has 0 fully saturated rings. The van der Waals surface area contributed by atoms with Crippen LogP contribution in [0.2, 0.25) is 15.1 Å². The summed E-state index contributed by atoms with van der Waals surface area (Å²) in [7, 11) is 0. The lowest BCUT2D eigenvalue weighted by Crippen LogP contribution is -2.17. The summed E-state index contributed by atoms with van der Waals surface area (Å²) in [5, 5.41) is 2.08. The first-order valence-corrected chi connectivity index (χ1v) is 10.1. The highest BCUT2D eigenvalue weighted by Gasteiger charge is 2.43. The fourth-order valence-corrected chi connectivity index (χ4v) is 3.84. The molecule has 0 amide bonds. The molecule has 0 unspecified atom stereocenters. The van der Waals surface area contributed by atoms with E-state index in [1.165, 1.54) is 6.07 Å². The molecular weight excluding hydrogens is 554 g/mol. The molecule has 2 heterocycles. The van der Waals surface area contributed by atoms with Gasteiger partial charge in [0, 0.05) is 12.1 Å². The number of anilines is 1. The summed E-state index contributed by atoms with van der Waals surface area (Å²) in [6, 6.07) is 5.60. The molecule has 4 aromatic rings. The van der Waals surface area contributed by atoms with Crippen molar-refractivity contribution in [3.63, 3.8) is 0 Å². The number of nitrogens with two attached hydrogens (primary N) is 1. The zero-order valence-electron chi connectivity index (χ0n) is 16.4. The first-order chi connectivity index (χ1) is 16.2. The van der Waals surface area contributed by atoms with Crippen LogP contribution in [0.1, 0.15) is 11.5 Å². The van der Waals surface area contributed by atoms with Gasteiger partial charge in [0.15, 0.2) is 11.3 Å². The SMILES string of the molecule is Nc1c2c(C(F)(F)F)nc(C(F)(F)F)nc2nn1-c1c(Cl)cc(Oc2ccc(F)cc2Cl)cc1Cl. The third-order valence-corrected chi connectivity index (χ3v) is 5.29. The Kier molecular flexibility index (Phi) is 6.14. The number of nitrogen functional groups attached to an aromatic ring is 1. The first-order valence-electron chi connectivity index (χ1n) is 8.99. The second-order valence-electron chi connectivity index (χ2n) is 6.80. The Labute approximate surface area is 205 Å². The van der Waals surface area contributed by atoms with Gasteiger partial charge in [-0.2, -0.15) is 26.3 Å². The molecule has 0 aliphatic heterocycles. The van der Waals surface area contributed by atoms with Crippen molar-refractivity contribution in [2.45, 2.75) is 12.4 Å². The van der Waals surface area contributed by atoms with Crippen LogP contribution in [0.25, 0.3) is 16.7 Å². The summed E-state index contributed by atoms with van der Waals surface area (Å²) in [4.78, 5) is 5.68. The second-order valence-corrected chi connectivity index (χ2v) is 8.02. The molecule has 0 aliphatic carbocycles. The van der Waals surface area contributed by atoms with Crippen molar-refractivity contribution in [3.05, 3.63) is 62.7 Å². The molecule has 35 heavy (non-hydrogen) atoms. The maximum Gasteiger partial charge on any atom is 0.451 e. The molecule has 16 heteroatoms. The van der Waals surface area contributed by atoms with Crippen LogP contribution in [0, 0.1) is 5.82 Å². The number of fused-ring (bicyclic) bond motifs is 1. The van der Waals surface area contributed by atoms with Gasteiger partial charge in [-0.1, -0.05) is 34.8 Å². The van der Waals surface area contributed by atoms with Crippen LogP contribution in [0.15, 0.2) is 30.3 Å². The number of halogens is 10. The number of benzene rings is 2. The minimum atomic E-state index is -5.32. The molecule has 184 valence electrons. The monoisotopic (exact) mass is 559 g/mol. The minimum Gasteiger partial charge on any atom is -0.456 e. The van der Waals surface area contributed by atoms with E-state index in [0.29, 0.717) is 4.68 Å². The lowest BCUT2D eigenvalue weighted by Gasteiger charge is -2.13. The summed E-state index contributed by atoms with van der Waals surface area (Å²) in [6.07, 6.45) is -10.6. The van der Waals surface area contributed by atoms with Gasteiger partial charge >= 0.3 is 12.4 Å². The summed E-state index contributed by atoms with van der Waals surface area (Å²) < 4.78 is 99.0. The van der Waals surface area contributed by atoms with Gasteiger partial charge in [-0.05, 0) is 18.2 Å². The summed E-state index contributed by atoms with van der Waals surface area (Å²) in [5.41, 5.74) is 2.61. The molecule has 0 aliphatic rings. The van der Waals surface area contributed by atoms with Crippen molar-refractivity contribution in [2.75, 3.05) is 5.73 Å². The van der Waals surface area contributed by atoms with Crippen LogP contribution in [0.5, 0.6) is 11.5 Å². The molecule has 2 aromatic heterocycles. The average Bonchev–Trinajstić information content (AvgIpc) is 3.04. The van der Waals surface area contributed by atoms with Crippen LogP contribution in [0.3, 0.4) is 0 Å². The molecule has 0 spiro atoms. The van der Waals surface area contributed by atoms with Gasteiger partial charge in [0.05, 0.1) is 20.5 Å². The van der Waals surface area contributed by atoms with Crippen LogP contribution in [-0.2, 0) is 12.4 Å². The van der Waals surface area contributed by atoms with E-state index in [9.17, 15) is 30.7 Å². The standard InChI is InChI=1S/C19H7Cl3F7N5O/c20-8-3-6(23)1-2-11(8)35-7-4-9(21)13(10(22)5-7)34-15(30)12-14(18(24,25)26)31-17(19(27,28)29)32-16(12)33-34/h1-5H,30H2. The van der Waals surface area contributed by atoms with Gasteiger partial charge in [0.2, 0.25) is 5.82 Å². The van der Waals surface area contributed by atoms with Gasteiger partial charge in [0.25, 0.3) is 0 Å². The van der Waals surface area contributed by atoms with Gasteiger partial charge < -0.3 is 10.5 Å². The van der Waals surface area contributed by atoms with Crippen LogP contribution in [0.4, 0.5) is 36.6 Å². The maximum atomic E-state index is 13.5. The molecule has 0 saturated carbocycles. The Morgan fingerprint density at radius 3 is 2.03 bits per heavy atom. The Morgan fingerprint density at radius 2 is 1.49 bits per heavy atom. The third kappa shape index (κ3) is 4.75. The molecule has 0 bridgehead atoms. The highest BCUT2D eigenvalue weighted by Crippen LogP contribution is 2.42. The molecule has 2 aromatic carbocycles. The summed E-state index contributed by atoms with van der Waals surface area (Å²) in [6.45, 7) is 0. The Bertz CT molecular complexity index is 1450. The number of aromatic nitrogens is 4. The van der Waals surface area contributed by atoms with Crippen molar-refractivity contribution in [3.8, 4) is 17.2 Å². The summed E-state index contributed by atoms with van der Waals surface area (Å²) >= 11 is 18.3. The van der Waals surface area contributed by atoms with Crippen LogP contribution in [-0.4, -0.2) is 19.7 Å². The van der Waals surface area contributed by atoms with E-state index in [2.05, 4.69) is 15.1 Å². The van der Waals surface area contributed by atoms with E-state index in [1.54, 1.807) is 0 Å². The van der Waals surface area contributed by atoms with Gasteiger partial charge in [-0.25, -0.2) is 19.0 Å². The fourth-order valence-electron chi connectivity index (χ4n) is 3.00. The predicted octanol–water partition coefficient (Wildman–Crippen LogP) is 7.33. The van der Waals surface area contributed by atoms with E-state index in [0.717, 1.165) is 24.3 Å². The molecule has 4 rings (SSSR count). The fraction of sp³-hybridized carbons (Fsp3) is 0.105. The molecule has 6 nitrogen and oxygen atoms in total. The van der Waals surface area contributed by atoms with E-state index >= 15 is 0 Å². The van der Waals surface area contributed by atoms with Gasteiger partial charge in [0.1, 0.15) is 28.8 Å². The minimum absolute atomic E-state index is 0.0114. The number of hydrogen-bond donors (Lipinski definition) is 1.